The van der Waals surface area contributed by atoms with Gasteiger partial charge in [0.1, 0.15) is 6.04 Å². The number of hydrogen-bond acceptors (Lipinski definition) is 3. The summed E-state index contributed by atoms with van der Waals surface area (Å²) >= 11 is -2.22. The average Bonchev–Trinajstić information content (AvgIpc) is 2.01. The van der Waals surface area contributed by atoms with Crippen LogP contribution in [0.3, 0.4) is 0 Å². The van der Waals surface area contributed by atoms with Crippen LogP contribution < -0.4 is 4.72 Å². The van der Waals surface area contributed by atoms with Crippen LogP contribution in [-0.2, 0) is 20.8 Å². The molecule has 2 atom stereocenters. The Labute approximate surface area is 73.2 Å². The highest BCUT2D eigenvalue weighted by atomic mass is 32.2. The second-order valence-corrected chi connectivity index (χ2v) is 2.70. The molecule has 70 valence electrons. The highest BCUT2D eigenvalue weighted by Crippen LogP contribution is 1.95. The summed E-state index contributed by atoms with van der Waals surface area (Å²) in [7, 11) is 1.21. The second-order valence-electron chi connectivity index (χ2n) is 1.97. The maximum Gasteiger partial charge on any atom is 0.324 e. The molecule has 0 saturated carbocycles. The number of ether oxygens (including phenoxy) is 1. The first kappa shape index (κ1) is 11.3. The third kappa shape index (κ3) is 4.22. The Morgan fingerprint density at radius 3 is 2.83 bits per heavy atom. The zero-order valence-corrected chi connectivity index (χ0v) is 7.47. The summed E-state index contributed by atoms with van der Waals surface area (Å²) in [4.78, 5) is 10.9. The number of nitrogens with one attached hydrogen (secondary N) is 1. The highest BCUT2D eigenvalue weighted by molar-refractivity contribution is 7.77. The topological polar surface area (TPSA) is 75.6 Å². The predicted octanol–water partition coefficient (Wildman–Crippen LogP) is -0.170. The molecule has 0 aliphatic carbocycles. The van der Waals surface area contributed by atoms with Crippen LogP contribution in [0, 0.1) is 0 Å². The quantitative estimate of drug-likeness (QED) is 0.361. The predicted molar refractivity (Wildman–Crippen MR) is 44.5 cm³/mol. The second kappa shape index (κ2) is 5.87. The molecule has 0 heterocycles. The van der Waals surface area contributed by atoms with Gasteiger partial charge >= 0.3 is 5.97 Å². The molecule has 5 nitrogen and oxygen atoms in total. The highest BCUT2D eigenvalue weighted by Gasteiger charge is 2.18. The monoisotopic (exact) mass is 193 g/mol. The van der Waals surface area contributed by atoms with Gasteiger partial charge in [-0.1, -0.05) is 6.08 Å². The molecule has 0 aliphatic heterocycles. The Morgan fingerprint density at radius 1 is 1.92 bits per heavy atom. The van der Waals surface area contributed by atoms with E-state index in [9.17, 15) is 9.00 Å². The first-order chi connectivity index (χ1) is 5.61. The van der Waals surface area contributed by atoms with E-state index >= 15 is 0 Å². The molecule has 0 fully saturated rings. The van der Waals surface area contributed by atoms with Gasteiger partial charge in [0, 0.05) is 0 Å². The SMILES string of the molecule is C=CC[C@H](NS(=O)O)C(=O)OC. The lowest BCUT2D eigenvalue weighted by Crippen LogP contribution is -2.38. The summed E-state index contributed by atoms with van der Waals surface area (Å²) < 4.78 is 25.2. The van der Waals surface area contributed by atoms with Crippen LogP contribution >= 0.6 is 0 Å². The molecule has 0 aliphatic rings. The van der Waals surface area contributed by atoms with Gasteiger partial charge in [0.2, 0.25) is 11.3 Å². The largest absolute Gasteiger partial charge is 0.468 e. The number of carbonyl (C=O) groups is 1. The van der Waals surface area contributed by atoms with Crippen molar-refractivity contribution in [2.45, 2.75) is 12.5 Å². The van der Waals surface area contributed by atoms with Gasteiger partial charge in [-0.05, 0) is 6.42 Å². The molecule has 6 heteroatoms. The van der Waals surface area contributed by atoms with Gasteiger partial charge in [-0.3, -0.25) is 9.35 Å². The summed E-state index contributed by atoms with van der Waals surface area (Å²) in [6.07, 6.45) is 1.71. The Morgan fingerprint density at radius 2 is 2.50 bits per heavy atom. The standard InChI is InChI=1S/C6H11NO4S/c1-3-4-5(6(8)11-2)7-12(9)10/h3,5,7H,1,4H2,2H3,(H,9,10)/t5-/m0/s1. The first-order valence-corrected chi connectivity index (χ1v) is 4.28. The van der Waals surface area contributed by atoms with E-state index in [1.165, 1.54) is 13.2 Å². The molecule has 0 amide bonds. The Balaban J connectivity index is 4.11. The van der Waals surface area contributed by atoms with Gasteiger partial charge in [-0.25, -0.2) is 4.21 Å². The molecule has 1 unspecified atom stereocenters. The third-order valence-corrected chi connectivity index (χ3v) is 1.62. The van der Waals surface area contributed by atoms with Crippen molar-refractivity contribution in [3.8, 4) is 0 Å². The van der Waals surface area contributed by atoms with E-state index in [4.69, 9.17) is 4.55 Å². The summed E-state index contributed by atoms with van der Waals surface area (Å²) in [5, 5.41) is 0. The molecule has 12 heavy (non-hydrogen) atoms. The van der Waals surface area contributed by atoms with Gasteiger partial charge in [-0.2, -0.15) is 4.72 Å². The van der Waals surface area contributed by atoms with Crippen LogP contribution in [0.2, 0.25) is 0 Å². The molecular weight excluding hydrogens is 182 g/mol. The van der Waals surface area contributed by atoms with E-state index in [1.807, 2.05) is 0 Å². The van der Waals surface area contributed by atoms with Crippen molar-refractivity contribution in [2.75, 3.05) is 7.11 Å². The molecule has 0 rings (SSSR count). The van der Waals surface area contributed by atoms with Crippen molar-refractivity contribution in [1.29, 1.82) is 0 Å². The molecule has 0 aromatic carbocycles. The maximum atomic E-state index is 10.9. The summed E-state index contributed by atoms with van der Waals surface area (Å²) in [6, 6.07) is -0.807. The zero-order chi connectivity index (χ0) is 9.56. The Bertz CT molecular complexity index is 194. The fourth-order valence-electron chi connectivity index (χ4n) is 0.623. The molecule has 2 N–H and O–H groups in total. The van der Waals surface area contributed by atoms with E-state index in [0.29, 0.717) is 0 Å². The Hall–Kier alpha value is -0.720. The number of methoxy groups -OCH3 is 1. The van der Waals surface area contributed by atoms with E-state index in [1.54, 1.807) is 0 Å². The van der Waals surface area contributed by atoms with Gasteiger partial charge in [-0.15, -0.1) is 6.58 Å². The minimum atomic E-state index is -2.22. The number of carbonyl (C=O) groups excluding carboxylic acids is 1. The lowest BCUT2D eigenvalue weighted by atomic mass is 10.2. The Kier molecular flexibility index (Phi) is 5.52. The van der Waals surface area contributed by atoms with E-state index in [0.717, 1.165) is 0 Å². The lowest BCUT2D eigenvalue weighted by Gasteiger charge is -2.10. The fraction of sp³-hybridized carbons (Fsp3) is 0.500. The smallest absolute Gasteiger partial charge is 0.324 e. The maximum absolute atomic E-state index is 10.9. The van der Waals surface area contributed by atoms with Crippen LogP contribution in [0.4, 0.5) is 0 Å². The summed E-state index contributed by atoms with van der Waals surface area (Å²) in [5.74, 6) is -0.586. The van der Waals surface area contributed by atoms with E-state index < -0.39 is 23.3 Å². The third-order valence-electron chi connectivity index (χ3n) is 1.13. The normalized spacial score (nSPS) is 14.8. The first-order valence-electron chi connectivity index (χ1n) is 3.17. The number of esters is 1. The van der Waals surface area contributed by atoms with Gasteiger partial charge in [0.15, 0.2) is 0 Å². The van der Waals surface area contributed by atoms with Crippen LogP contribution in [0.1, 0.15) is 6.42 Å². The van der Waals surface area contributed by atoms with Crippen molar-refractivity contribution in [3.05, 3.63) is 12.7 Å². The minimum absolute atomic E-state index is 0.249. The van der Waals surface area contributed by atoms with Crippen LogP contribution in [0.25, 0.3) is 0 Å². The van der Waals surface area contributed by atoms with E-state index in [2.05, 4.69) is 16.0 Å². The molecule has 0 spiro atoms. The molecule has 0 radical (unpaired) electrons. The average molecular weight is 193 g/mol. The van der Waals surface area contributed by atoms with Gasteiger partial charge < -0.3 is 4.74 Å². The molecule has 0 bridgehead atoms. The molecule has 0 saturated heterocycles. The van der Waals surface area contributed by atoms with Crippen molar-refractivity contribution in [3.63, 3.8) is 0 Å². The van der Waals surface area contributed by atoms with Crippen molar-refractivity contribution < 1.29 is 18.3 Å². The lowest BCUT2D eigenvalue weighted by molar-refractivity contribution is -0.142. The summed E-state index contributed by atoms with van der Waals surface area (Å²) in [6.45, 7) is 3.40. The van der Waals surface area contributed by atoms with Crippen LogP contribution in [-0.4, -0.2) is 27.9 Å². The minimum Gasteiger partial charge on any atom is -0.468 e. The molecule has 0 aromatic heterocycles. The van der Waals surface area contributed by atoms with Crippen molar-refractivity contribution in [1.82, 2.24) is 4.72 Å². The summed E-state index contributed by atoms with van der Waals surface area (Å²) in [5.41, 5.74) is 0. The molecular formula is C6H11NO4S. The van der Waals surface area contributed by atoms with Gasteiger partial charge in [0.25, 0.3) is 0 Å². The van der Waals surface area contributed by atoms with Crippen molar-refractivity contribution in [2.24, 2.45) is 0 Å². The number of rotatable bonds is 5. The van der Waals surface area contributed by atoms with Crippen LogP contribution in [0.5, 0.6) is 0 Å². The molecule has 0 aromatic rings. The fourth-order valence-corrected chi connectivity index (χ4v) is 1.06. The number of hydrogen-bond donors (Lipinski definition) is 2. The van der Waals surface area contributed by atoms with Gasteiger partial charge in [0.05, 0.1) is 7.11 Å². The van der Waals surface area contributed by atoms with E-state index in [-0.39, 0.29) is 6.42 Å². The zero-order valence-electron chi connectivity index (χ0n) is 6.65. The van der Waals surface area contributed by atoms with Crippen LogP contribution in [0.15, 0.2) is 12.7 Å². The van der Waals surface area contributed by atoms with Crippen molar-refractivity contribution >= 4 is 17.2 Å².